The molecule has 0 unspecified atom stereocenters. The minimum absolute atomic E-state index is 0.788. The first-order valence-electron chi connectivity index (χ1n) is 5.53. The van der Waals surface area contributed by atoms with Crippen molar-refractivity contribution >= 4 is 0 Å². The lowest BCUT2D eigenvalue weighted by Crippen LogP contribution is -2.08. The maximum atomic E-state index is 5.63. The van der Waals surface area contributed by atoms with Crippen molar-refractivity contribution in [3.8, 4) is 5.75 Å². The number of aromatic nitrogens is 1. The summed E-state index contributed by atoms with van der Waals surface area (Å²) in [6, 6.07) is 3.87. The average molecular weight is 208 g/mol. The molecular weight excluding hydrogens is 188 g/mol. The van der Waals surface area contributed by atoms with E-state index in [4.69, 9.17) is 4.74 Å². The lowest BCUT2D eigenvalue weighted by atomic mass is 10.2. The van der Waals surface area contributed by atoms with Crippen LogP contribution in [0.25, 0.3) is 0 Å². The van der Waals surface area contributed by atoms with Crippen LogP contribution in [0.4, 0.5) is 0 Å². The Morgan fingerprint density at radius 2 is 2.20 bits per heavy atom. The summed E-state index contributed by atoms with van der Waals surface area (Å²) in [6.45, 7) is 3.85. The van der Waals surface area contributed by atoms with E-state index in [1.807, 2.05) is 26.1 Å². The van der Waals surface area contributed by atoms with E-state index in [0.717, 1.165) is 31.0 Å². The first-order valence-corrected chi connectivity index (χ1v) is 5.53. The molecular formula is C12H20N2O. The minimum Gasteiger partial charge on any atom is -0.492 e. The van der Waals surface area contributed by atoms with Crippen LogP contribution in [-0.4, -0.2) is 25.2 Å². The molecule has 0 fully saturated rings. The second-order valence-electron chi connectivity index (χ2n) is 3.60. The highest BCUT2D eigenvalue weighted by Gasteiger charge is 1.97. The van der Waals surface area contributed by atoms with Crippen LogP contribution in [0, 0.1) is 6.92 Å². The second kappa shape index (κ2) is 7.23. The fraction of sp³-hybridized carbons (Fsp3) is 0.583. The third kappa shape index (κ3) is 4.79. The molecule has 3 nitrogen and oxygen atoms in total. The lowest BCUT2D eigenvalue weighted by Gasteiger charge is -2.07. The van der Waals surface area contributed by atoms with Crippen molar-refractivity contribution in [3.05, 3.63) is 24.0 Å². The Balaban J connectivity index is 2.12. The van der Waals surface area contributed by atoms with Gasteiger partial charge in [0.15, 0.2) is 0 Å². The summed E-state index contributed by atoms with van der Waals surface area (Å²) in [4.78, 5) is 4.17. The highest BCUT2D eigenvalue weighted by atomic mass is 16.5. The van der Waals surface area contributed by atoms with E-state index in [0.29, 0.717) is 0 Å². The van der Waals surface area contributed by atoms with Gasteiger partial charge >= 0.3 is 0 Å². The summed E-state index contributed by atoms with van der Waals surface area (Å²) in [7, 11) is 1.98. The Hall–Kier alpha value is -1.09. The van der Waals surface area contributed by atoms with Crippen LogP contribution in [0.5, 0.6) is 5.75 Å². The first-order chi connectivity index (χ1) is 7.34. The van der Waals surface area contributed by atoms with Gasteiger partial charge < -0.3 is 10.1 Å². The van der Waals surface area contributed by atoms with Crippen molar-refractivity contribution in [1.29, 1.82) is 0 Å². The number of nitrogens with zero attached hydrogens (tertiary/aromatic N) is 1. The summed E-state index contributed by atoms with van der Waals surface area (Å²) < 4.78 is 5.63. The molecule has 3 heteroatoms. The SMILES string of the molecule is CNCCCCCOc1cccnc1C. The molecule has 0 spiro atoms. The van der Waals surface area contributed by atoms with Crippen LogP contribution in [0.3, 0.4) is 0 Å². The zero-order valence-electron chi connectivity index (χ0n) is 9.62. The number of rotatable bonds is 7. The zero-order valence-corrected chi connectivity index (χ0v) is 9.62. The number of pyridine rings is 1. The van der Waals surface area contributed by atoms with Gasteiger partial charge in [0.1, 0.15) is 5.75 Å². The number of hydrogen-bond donors (Lipinski definition) is 1. The molecule has 0 saturated heterocycles. The van der Waals surface area contributed by atoms with Gasteiger partial charge in [0, 0.05) is 6.20 Å². The molecule has 0 aliphatic heterocycles. The van der Waals surface area contributed by atoms with E-state index in [1.165, 1.54) is 12.8 Å². The maximum absolute atomic E-state index is 5.63. The highest BCUT2D eigenvalue weighted by molar-refractivity contribution is 5.25. The summed E-state index contributed by atoms with van der Waals surface area (Å²) >= 11 is 0. The standard InChI is InChI=1S/C12H20N2O/c1-11-12(7-6-9-14-11)15-10-5-3-4-8-13-2/h6-7,9,13H,3-5,8,10H2,1-2H3. The van der Waals surface area contributed by atoms with Gasteiger partial charge in [0.25, 0.3) is 0 Å². The Morgan fingerprint density at radius 3 is 2.93 bits per heavy atom. The Labute approximate surface area is 91.9 Å². The smallest absolute Gasteiger partial charge is 0.140 e. The quantitative estimate of drug-likeness (QED) is 0.697. The number of aryl methyl sites for hydroxylation is 1. The van der Waals surface area contributed by atoms with E-state index >= 15 is 0 Å². The van der Waals surface area contributed by atoms with Gasteiger partial charge in [-0.15, -0.1) is 0 Å². The van der Waals surface area contributed by atoms with Crippen molar-refractivity contribution in [3.63, 3.8) is 0 Å². The van der Waals surface area contributed by atoms with Crippen molar-refractivity contribution < 1.29 is 4.74 Å². The zero-order chi connectivity index (χ0) is 10.9. The molecule has 0 atom stereocenters. The van der Waals surface area contributed by atoms with Gasteiger partial charge in [-0.3, -0.25) is 4.98 Å². The molecule has 0 saturated carbocycles. The molecule has 84 valence electrons. The first kappa shape index (κ1) is 12.0. The molecule has 0 aliphatic rings. The van der Waals surface area contributed by atoms with Crippen LogP contribution in [-0.2, 0) is 0 Å². The minimum atomic E-state index is 0.788. The van der Waals surface area contributed by atoms with E-state index in [2.05, 4.69) is 10.3 Å². The molecule has 1 aromatic heterocycles. The van der Waals surface area contributed by atoms with Crippen LogP contribution in [0.2, 0.25) is 0 Å². The Bertz CT molecular complexity index is 276. The van der Waals surface area contributed by atoms with Crippen LogP contribution in [0.15, 0.2) is 18.3 Å². The van der Waals surface area contributed by atoms with E-state index < -0.39 is 0 Å². The molecule has 0 aromatic carbocycles. The summed E-state index contributed by atoms with van der Waals surface area (Å²) in [5, 5.41) is 3.13. The van der Waals surface area contributed by atoms with E-state index in [9.17, 15) is 0 Å². The third-order valence-corrected chi connectivity index (χ3v) is 2.29. The highest BCUT2D eigenvalue weighted by Crippen LogP contribution is 2.13. The number of hydrogen-bond acceptors (Lipinski definition) is 3. The van der Waals surface area contributed by atoms with Crippen LogP contribution >= 0.6 is 0 Å². The molecule has 0 aliphatic carbocycles. The predicted molar refractivity (Wildman–Crippen MR) is 62.2 cm³/mol. The van der Waals surface area contributed by atoms with Crippen molar-refractivity contribution in [1.82, 2.24) is 10.3 Å². The van der Waals surface area contributed by atoms with Crippen molar-refractivity contribution in [2.45, 2.75) is 26.2 Å². The summed E-state index contributed by atoms with van der Waals surface area (Å²) in [5.74, 6) is 0.908. The van der Waals surface area contributed by atoms with Gasteiger partial charge in [-0.25, -0.2) is 0 Å². The monoisotopic (exact) mass is 208 g/mol. The normalized spacial score (nSPS) is 10.3. The van der Waals surface area contributed by atoms with Gasteiger partial charge in [-0.2, -0.15) is 0 Å². The van der Waals surface area contributed by atoms with Crippen molar-refractivity contribution in [2.75, 3.05) is 20.2 Å². The molecule has 0 bridgehead atoms. The van der Waals surface area contributed by atoms with E-state index in [1.54, 1.807) is 6.20 Å². The number of unbranched alkanes of at least 4 members (excludes halogenated alkanes) is 2. The number of nitrogens with one attached hydrogen (secondary N) is 1. The van der Waals surface area contributed by atoms with Crippen LogP contribution < -0.4 is 10.1 Å². The molecule has 1 N–H and O–H groups in total. The largest absolute Gasteiger partial charge is 0.492 e. The van der Waals surface area contributed by atoms with Crippen molar-refractivity contribution in [2.24, 2.45) is 0 Å². The lowest BCUT2D eigenvalue weighted by molar-refractivity contribution is 0.302. The number of ether oxygens (including phenoxy) is 1. The predicted octanol–water partition coefficient (Wildman–Crippen LogP) is 2.16. The Kier molecular flexibility index (Phi) is 5.78. The maximum Gasteiger partial charge on any atom is 0.140 e. The fourth-order valence-corrected chi connectivity index (χ4v) is 1.38. The molecule has 1 heterocycles. The van der Waals surface area contributed by atoms with Gasteiger partial charge in [-0.05, 0) is 51.9 Å². The van der Waals surface area contributed by atoms with Crippen LogP contribution in [0.1, 0.15) is 25.0 Å². The molecule has 1 rings (SSSR count). The van der Waals surface area contributed by atoms with Gasteiger partial charge in [0.2, 0.25) is 0 Å². The Morgan fingerprint density at radius 1 is 1.33 bits per heavy atom. The molecule has 1 aromatic rings. The fourth-order valence-electron chi connectivity index (χ4n) is 1.38. The van der Waals surface area contributed by atoms with Gasteiger partial charge in [0.05, 0.1) is 12.3 Å². The van der Waals surface area contributed by atoms with E-state index in [-0.39, 0.29) is 0 Å². The molecule has 15 heavy (non-hydrogen) atoms. The third-order valence-electron chi connectivity index (χ3n) is 2.29. The average Bonchev–Trinajstić information content (AvgIpc) is 2.25. The summed E-state index contributed by atoms with van der Waals surface area (Å²) in [6.07, 6.45) is 5.32. The topological polar surface area (TPSA) is 34.1 Å². The molecule has 0 amide bonds. The van der Waals surface area contributed by atoms with Gasteiger partial charge in [-0.1, -0.05) is 0 Å². The second-order valence-corrected chi connectivity index (χ2v) is 3.60. The molecule has 0 radical (unpaired) electrons. The summed E-state index contributed by atoms with van der Waals surface area (Å²) in [5.41, 5.74) is 0.965.